The molecule has 17 heavy (non-hydrogen) atoms. The van der Waals surface area contributed by atoms with E-state index in [0.29, 0.717) is 23.8 Å². The summed E-state index contributed by atoms with van der Waals surface area (Å²) in [7, 11) is 0. The Morgan fingerprint density at radius 3 is 2.82 bits per heavy atom. The molecule has 4 N–H and O–H groups in total. The zero-order valence-electron chi connectivity index (χ0n) is 9.50. The number of hydrogen-bond donors (Lipinski definition) is 3. The van der Waals surface area contributed by atoms with Crippen molar-refractivity contribution in [2.75, 3.05) is 24.1 Å². The summed E-state index contributed by atoms with van der Waals surface area (Å²) in [5, 5.41) is 6.62. The lowest BCUT2D eigenvalue weighted by molar-refractivity contribution is -0.122. The van der Waals surface area contributed by atoms with Crippen LogP contribution in [0.3, 0.4) is 0 Å². The number of nitrogen functional groups attached to an aromatic ring is 1. The summed E-state index contributed by atoms with van der Waals surface area (Å²) in [5.74, 6) is 0.422. The summed E-state index contributed by atoms with van der Waals surface area (Å²) in [6.07, 6.45) is 2.06. The summed E-state index contributed by atoms with van der Waals surface area (Å²) < 4.78 is 0. The van der Waals surface area contributed by atoms with Gasteiger partial charge in [0.25, 0.3) is 0 Å². The zero-order valence-corrected chi connectivity index (χ0v) is 10.3. The Labute approximate surface area is 106 Å². The molecule has 92 valence electrons. The summed E-state index contributed by atoms with van der Waals surface area (Å²) in [5.41, 5.74) is 7.07. The number of carbonyl (C=O) groups is 1. The van der Waals surface area contributed by atoms with Crippen LogP contribution in [0.1, 0.15) is 12.8 Å². The van der Waals surface area contributed by atoms with E-state index >= 15 is 0 Å². The van der Waals surface area contributed by atoms with Crippen LogP contribution in [-0.4, -0.2) is 19.0 Å². The van der Waals surface area contributed by atoms with Gasteiger partial charge in [-0.3, -0.25) is 4.79 Å². The second-order valence-electron chi connectivity index (χ2n) is 4.23. The average molecular weight is 254 g/mol. The van der Waals surface area contributed by atoms with E-state index in [1.807, 2.05) is 6.07 Å². The van der Waals surface area contributed by atoms with E-state index < -0.39 is 0 Å². The van der Waals surface area contributed by atoms with Crippen LogP contribution >= 0.6 is 11.6 Å². The SMILES string of the molecule is Nc1ccc(NCCNC(=O)C2CC2)c(Cl)c1. The van der Waals surface area contributed by atoms with Crippen LogP contribution in [0.15, 0.2) is 18.2 Å². The normalized spacial score (nSPS) is 14.4. The molecule has 0 bridgehead atoms. The fourth-order valence-corrected chi connectivity index (χ4v) is 1.80. The minimum absolute atomic E-state index is 0.162. The van der Waals surface area contributed by atoms with Crippen LogP contribution < -0.4 is 16.4 Å². The van der Waals surface area contributed by atoms with E-state index in [4.69, 9.17) is 17.3 Å². The molecule has 1 aliphatic carbocycles. The van der Waals surface area contributed by atoms with Crippen molar-refractivity contribution in [1.82, 2.24) is 5.32 Å². The van der Waals surface area contributed by atoms with Gasteiger partial charge in [0, 0.05) is 24.7 Å². The van der Waals surface area contributed by atoms with Crippen molar-refractivity contribution < 1.29 is 4.79 Å². The minimum atomic E-state index is 0.162. The van der Waals surface area contributed by atoms with Gasteiger partial charge in [0.2, 0.25) is 5.91 Å². The fraction of sp³-hybridized carbons (Fsp3) is 0.417. The first-order valence-corrected chi connectivity index (χ1v) is 6.11. The first-order chi connectivity index (χ1) is 8.16. The lowest BCUT2D eigenvalue weighted by atomic mass is 10.3. The van der Waals surface area contributed by atoms with Gasteiger partial charge >= 0.3 is 0 Å². The molecule has 1 aromatic carbocycles. The standard InChI is InChI=1S/C12H16ClN3O/c13-10-7-9(14)3-4-11(10)15-5-6-16-12(17)8-1-2-8/h3-4,7-8,15H,1-2,5-6,14H2,(H,16,17). The van der Waals surface area contributed by atoms with Crippen LogP contribution in [0.2, 0.25) is 5.02 Å². The van der Waals surface area contributed by atoms with Gasteiger partial charge < -0.3 is 16.4 Å². The second-order valence-corrected chi connectivity index (χ2v) is 4.64. The molecule has 1 aromatic rings. The molecular formula is C12H16ClN3O. The number of hydrogen-bond acceptors (Lipinski definition) is 3. The third kappa shape index (κ3) is 3.53. The number of nitrogens with one attached hydrogen (secondary N) is 2. The van der Waals surface area contributed by atoms with Crippen molar-refractivity contribution in [3.8, 4) is 0 Å². The lowest BCUT2D eigenvalue weighted by Gasteiger charge is -2.09. The molecule has 5 heteroatoms. The topological polar surface area (TPSA) is 67.2 Å². The highest BCUT2D eigenvalue weighted by atomic mass is 35.5. The highest BCUT2D eigenvalue weighted by molar-refractivity contribution is 6.33. The van der Waals surface area contributed by atoms with E-state index in [0.717, 1.165) is 18.5 Å². The molecule has 1 saturated carbocycles. The molecule has 0 radical (unpaired) electrons. The number of nitrogens with two attached hydrogens (primary N) is 1. The molecule has 0 aliphatic heterocycles. The molecule has 1 aliphatic rings. The van der Waals surface area contributed by atoms with Gasteiger partial charge in [-0.1, -0.05) is 11.6 Å². The monoisotopic (exact) mass is 253 g/mol. The summed E-state index contributed by atoms with van der Waals surface area (Å²) in [6, 6.07) is 5.32. The average Bonchev–Trinajstić information content (AvgIpc) is 3.10. The van der Waals surface area contributed by atoms with Gasteiger partial charge in [-0.25, -0.2) is 0 Å². The summed E-state index contributed by atoms with van der Waals surface area (Å²) >= 11 is 6.00. The van der Waals surface area contributed by atoms with Gasteiger partial charge in [0.05, 0.1) is 10.7 Å². The maximum absolute atomic E-state index is 11.3. The molecule has 0 atom stereocenters. The lowest BCUT2D eigenvalue weighted by Crippen LogP contribution is -2.29. The molecule has 1 fully saturated rings. The number of halogens is 1. The zero-order chi connectivity index (χ0) is 12.3. The molecular weight excluding hydrogens is 238 g/mol. The summed E-state index contributed by atoms with van der Waals surface area (Å²) in [4.78, 5) is 11.3. The predicted molar refractivity (Wildman–Crippen MR) is 70.1 cm³/mol. The van der Waals surface area contributed by atoms with Crippen molar-refractivity contribution in [2.45, 2.75) is 12.8 Å². The van der Waals surface area contributed by atoms with Gasteiger partial charge in [0.15, 0.2) is 0 Å². The molecule has 2 rings (SSSR count). The molecule has 0 spiro atoms. The van der Waals surface area contributed by atoms with E-state index in [9.17, 15) is 4.79 Å². The highest BCUT2D eigenvalue weighted by Gasteiger charge is 2.28. The number of rotatable bonds is 5. The third-order valence-electron chi connectivity index (χ3n) is 2.68. The maximum atomic E-state index is 11.3. The van der Waals surface area contributed by atoms with Crippen molar-refractivity contribution in [2.24, 2.45) is 5.92 Å². The number of amides is 1. The van der Waals surface area contributed by atoms with Crippen LogP contribution in [0.25, 0.3) is 0 Å². The predicted octanol–water partition coefficient (Wildman–Crippen LogP) is 1.86. The molecule has 0 heterocycles. The smallest absolute Gasteiger partial charge is 0.223 e. The van der Waals surface area contributed by atoms with Gasteiger partial charge in [-0.15, -0.1) is 0 Å². The van der Waals surface area contributed by atoms with Gasteiger partial charge in [-0.2, -0.15) is 0 Å². The van der Waals surface area contributed by atoms with E-state index in [-0.39, 0.29) is 11.8 Å². The highest BCUT2D eigenvalue weighted by Crippen LogP contribution is 2.28. The number of anilines is 2. The second kappa shape index (κ2) is 5.27. The van der Waals surface area contributed by atoms with Crippen LogP contribution in [0.5, 0.6) is 0 Å². The Morgan fingerprint density at radius 2 is 2.18 bits per heavy atom. The van der Waals surface area contributed by atoms with Gasteiger partial charge in [0.1, 0.15) is 0 Å². The quantitative estimate of drug-likeness (QED) is 0.554. The van der Waals surface area contributed by atoms with Crippen molar-refractivity contribution in [3.05, 3.63) is 23.2 Å². The van der Waals surface area contributed by atoms with Crippen molar-refractivity contribution in [1.29, 1.82) is 0 Å². The Morgan fingerprint density at radius 1 is 1.41 bits per heavy atom. The maximum Gasteiger partial charge on any atom is 0.223 e. The Balaban J connectivity index is 1.72. The first kappa shape index (κ1) is 12.0. The Bertz CT molecular complexity index is 418. The van der Waals surface area contributed by atoms with E-state index in [1.165, 1.54) is 0 Å². The molecule has 0 aromatic heterocycles. The Kier molecular flexibility index (Phi) is 3.74. The molecule has 0 saturated heterocycles. The first-order valence-electron chi connectivity index (χ1n) is 5.73. The van der Waals surface area contributed by atoms with Crippen molar-refractivity contribution in [3.63, 3.8) is 0 Å². The van der Waals surface area contributed by atoms with Crippen molar-refractivity contribution >= 4 is 28.9 Å². The number of benzene rings is 1. The largest absolute Gasteiger partial charge is 0.399 e. The Hall–Kier alpha value is -1.42. The third-order valence-corrected chi connectivity index (χ3v) is 2.99. The molecule has 0 unspecified atom stereocenters. The van der Waals surface area contributed by atoms with Crippen LogP contribution in [0.4, 0.5) is 11.4 Å². The van der Waals surface area contributed by atoms with Crippen LogP contribution in [0, 0.1) is 5.92 Å². The molecule has 1 amide bonds. The van der Waals surface area contributed by atoms with Gasteiger partial charge in [-0.05, 0) is 31.0 Å². The van der Waals surface area contributed by atoms with E-state index in [2.05, 4.69) is 10.6 Å². The minimum Gasteiger partial charge on any atom is -0.399 e. The number of carbonyl (C=O) groups excluding carboxylic acids is 1. The van der Waals surface area contributed by atoms with E-state index in [1.54, 1.807) is 12.1 Å². The molecule has 4 nitrogen and oxygen atoms in total. The fourth-order valence-electron chi connectivity index (χ4n) is 1.55. The summed E-state index contributed by atoms with van der Waals surface area (Å²) in [6.45, 7) is 1.26. The van der Waals surface area contributed by atoms with Crippen LogP contribution in [-0.2, 0) is 4.79 Å².